The van der Waals surface area contributed by atoms with Crippen LogP contribution in [-0.4, -0.2) is 11.0 Å². The van der Waals surface area contributed by atoms with Crippen LogP contribution in [0.5, 0.6) is 0 Å². The molecule has 4 heteroatoms. The van der Waals surface area contributed by atoms with E-state index in [0.29, 0.717) is 12.6 Å². The summed E-state index contributed by atoms with van der Waals surface area (Å²) in [5.74, 6) is 0. The summed E-state index contributed by atoms with van der Waals surface area (Å²) in [5.41, 5.74) is 9.34. The fourth-order valence-electron chi connectivity index (χ4n) is 2.37. The number of hydrogen-bond acceptors (Lipinski definition) is 4. The number of nitrogens with zero attached hydrogens (tertiary/aromatic N) is 2. The van der Waals surface area contributed by atoms with Crippen molar-refractivity contribution in [2.24, 2.45) is 5.73 Å². The van der Waals surface area contributed by atoms with Gasteiger partial charge in [0.1, 0.15) is 0 Å². The third kappa shape index (κ3) is 2.80. The highest BCUT2D eigenvalue weighted by Gasteiger charge is 2.30. The average Bonchev–Trinajstić information content (AvgIpc) is 3.13. The van der Waals surface area contributed by atoms with E-state index in [-0.39, 0.29) is 0 Å². The first-order valence-corrected chi connectivity index (χ1v) is 7.60. The molecule has 2 N–H and O–H groups in total. The minimum absolute atomic E-state index is 0.552. The fourth-order valence-corrected chi connectivity index (χ4v) is 3.07. The number of hydrogen-bond donors (Lipinski definition) is 1. The first kappa shape index (κ1) is 12.6. The van der Waals surface area contributed by atoms with Gasteiger partial charge in [0, 0.05) is 40.6 Å². The molecular weight excluding hydrogens is 254 g/mol. The van der Waals surface area contributed by atoms with Gasteiger partial charge < -0.3 is 10.6 Å². The number of rotatable bonds is 5. The molecule has 2 aromatic heterocycles. The van der Waals surface area contributed by atoms with E-state index >= 15 is 0 Å². The van der Waals surface area contributed by atoms with Crippen LogP contribution < -0.4 is 10.6 Å². The predicted octanol–water partition coefficient (Wildman–Crippen LogP) is 3.08. The molecule has 1 aliphatic carbocycles. The van der Waals surface area contributed by atoms with E-state index in [0.717, 1.165) is 17.8 Å². The molecule has 0 aromatic carbocycles. The van der Waals surface area contributed by atoms with Gasteiger partial charge >= 0.3 is 0 Å². The first-order chi connectivity index (χ1) is 9.28. The normalized spacial score (nSPS) is 14.6. The summed E-state index contributed by atoms with van der Waals surface area (Å²) < 4.78 is 0. The van der Waals surface area contributed by atoms with Gasteiger partial charge in [-0.1, -0.05) is 6.07 Å². The van der Waals surface area contributed by atoms with Crippen molar-refractivity contribution in [3.05, 3.63) is 45.9 Å². The SMILES string of the molecule is Cc1cc(N(Cc2cccs2)C2CC2)c(CN)cn1. The third-order valence-corrected chi connectivity index (χ3v) is 4.38. The molecule has 0 aliphatic heterocycles. The van der Waals surface area contributed by atoms with Crippen molar-refractivity contribution < 1.29 is 0 Å². The van der Waals surface area contributed by atoms with Crippen molar-refractivity contribution in [3.63, 3.8) is 0 Å². The number of aryl methyl sites for hydroxylation is 1. The fraction of sp³-hybridized carbons (Fsp3) is 0.400. The lowest BCUT2D eigenvalue weighted by molar-refractivity contribution is 0.791. The summed E-state index contributed by atoms with van der Waals surface area (Å²) in [6.07, 6.45) is 4.50. The Bertz CT molecular complexity index is 547. The van der Waals surface area contributed by atoms with Crippen molar-refractivity contribution in [2.75, 3.05) is 4.90 Å². The van der Waals surface area contributed by atoms with Gasteiger partial charge in [-0.2, -0.15) is 0 Å². The second-order valence-corrected chi connectivity index (χ2v) is 6.13. The molecule has 1 aliphatic rings. The van der Waals surface area contributed by atoms with E-state index in [9.17, 15) is 0 Å². The highest BCUT2D eigenvalue weighted by atomic mass is 32.1. The summed E-state index contributed by atoms with van der Waals surface area (Å²) >= 11 is 1.82. The van der Waals surface area contributed by atoms with Crippen molar-refractivity contribution in [3.8, 4) is 0 Å². The van der Waals surface area contributed by atoms with Gasteiger partial charge in [-0.05, 0) is 37.3 Å². The van der Waals surface area contributed by atoms with E-state index in [1.165, 1.54) is 23.4 Å². The maximum atomic E-state index is 5.87. The Labute approximate surface area is 118 Å². The molecular formula is C15H19N3S. The van der Waals surface area contributed by atoms with Gasteiger partial charge in [0.2, 0.25) is 0 Å². The second kappa shape index (κ2) is 5.31. The largest absolute Gasteiger partial charge is 0.363 e. The van der Waals surface area contributed by atoms with Gasteiger partial charge in [-0.15, -0.1) is 11.3 Å². The molecule has 2 aromatic rings. The Balaban J connectivity index is 1.93. The molecule has 19 heavy (non-hydrogen) atoms. The summed E-state index contributed by atoms with van der Waals surface area (Å²) in [5, 5.41) is 2.14. The first-order valence-electron chi connectivity index (χ1n) is 6.72. The van der Waals surface area contributed by atoms with Crippen LogP contribution in [0.25, 0.3) is 0 Å². The predicted molar refractivity (Wildman–Crippen MR) is 80.4 cm³/mol. The maximum absolute atomic E-state index is 5.87. The van der Waals surface area contributed by atoms with E-state index in [1.807, 2.05) is 24.5 Å². The zero-order valence-electron chi connectivity index (χ0n) is 11.2. The quantitative estimate of drug-likeness (QED) is 0.910. The number of thiophene rings is 1. The molecule has 1 fully saturated rings. The molecule has 0 radical (unpaired) electrons. The molecule has 3 rings (SSSR count). The lowest BCUT2D eigenvalue weighted by Crippen LogP contribution is -2.26. The molecule has 0 saturated heterocycles. The lowest BCUT2D eigenvalue weighted by atomic mass is 10.1. The van der Waals surface area contributed by atoms with Crippen LogP contribution in [0, 0.1) is 6.92 Å². The monoisotopic (exact) mass is 273 g/mol. The topological polar surface area (TPSA) is 42.1 Å². The van der Waals surface area contributed by atoms with E-state index in [2.05, 4.69) is 33.5 Å². The summed E-state index contributed by atoms with van der Waals surface area (Å²) in [6.45, 7) is 3.58. The van der Waals surface area contributed by atoms with Gasteiger partial charge in [0.25, 0.3) is 0 Å². The van der Waals surface area contributed by atoms with Gasteiger partial charge in [-0.25, -0.2) is 0 Å². The van der Waals surface area contributed by atoms with Crippen molar-refractivity contribution in [1.29, 1.82) is 0 Å². The molecule has 100 valence electrons. The third-order valence-electron chi connectivity index (χ3n) is 3.52. The van der Waals surface area contributed by atoms with Crippen LogP contribution in [0.1, 0.15) is 29.0 Å². The van der Waals surface area contributed by atoms with Crippen LogP contribution in [0.15, 0.2) is 29.8 Å². The minimum atomic E-state index is 0.552. The average molecular weight is 273 g/mol. The number of nitrogens with two attached hydrogens (primary N) is 1. The van der Waals surface area contributed by atoms with E-state index < -0.39 is 0 Å². The molecule has 0 unspecified atom stereocenters. The van der Waals surface area contributed by atoms with Gasteiger partial charge in [-0.3, -0.25) is 4.98 Å². The summed E-state index contributed by atoms with van der Waals surface area (Å²) in [7, 11) is 0. The van der Waals surface area contributed by atoms with Gasteiger partial charge in [0.05, 0.1) is 6.54 Å². The summed E-state index contributed by atoms with van der Waals surface area (Å²) in [6, 6.07) is 7.17. The second-order valence-electron chi connectivity index (χ2n) is 5.10. The highest BCUT2D eigenvalue weighted by molar-refractivity contribution is 7.09. The zero-order valence-corrected chi connectivity index (χ0v) is 12.0. The molecule has 0 spiro atoms. The Morgan fingerprint density at radius 2 is 2.32 bits per heavy atom. The molecule has 1 saturated carbocycles. The van der Waals surface area contributed by atoms with Gasteiger partial charge in [0.15, 0.2) is 0 Å². The molecule has 0 bridgehead atoms. The van der Waals surface area contributed by atoms with Crippen LogP contribution in [-0.2, 0) is 13.1 Å². The Morgan fingerprint density at radius 1 is 1.47 bits per heavy atom. The van der Waals surface area contributed by atoms with E-state index in [1.54, 1.807) is 0 Å². The highest BCUT2D eigenvalue weighted by Crippen LogP contribution is 2.35. The smallest absolute Gasteiger partial charge is 0.0526 e. The zero-order chi connectivity index (χ0) is 13.2. The van der Waals surface area contributed by atoms with Crippen molar-refractivity contribution in [2.45, 2.75) is 38.9 Å². The van der Waals surface area contributed by atoms with Crippen molar-refractivity contribution in [1.82, 2.24) is 4.98 Å². The Morgan fingerprint density at radius 3 is 2.95 bits per heavy atom. The molecule has 0 atom stereocenters. The number of anilines is 1. The van der Waals surface area contributed by atoms with Crippen molar-refractivity contribution >= 4 is 17.0 Å². The Kier molecular flexibility index (Phi) is 3.53. The van der Waals surface area contributed by atoms with Crippen LogP contribution in [0.4, 0.5) is 5.69 Å². The van der Waals surface area contributed by atoms with Crippen LogP contribution in [0.2, 0.25) is 0 Å². The minimum Gasteiger partial charge on any atom is -0.363 e. The number of pyridine rings is 1. The molecule has 0 amide bonds. The lowest BCUT2D eigenvalue weighted by Gasteiger charge is -2.26. The maximum Gasteiger partial charge on any atom is 0.0526 e. The molecule has 3 nitrogen and oxygen atoms in total. The van der Waals surface area contributed by atoms with Crippen LogP contribution in [0.3, 0.4) is 0 Å². The standard InChI is InChI=1S/C15H19N3S/c1-11-7-15(12(8-16)9-17-11)18(13-4-5-13)10-14-3-2-6-19-14/h2-3,6-7,9,13H,4-5,8,10,16H2,1H3. The van der Waals surface area contributed by atoms with Crippen LogP contribution >= 0.6 is 11.3 Å². The number of aromatic nitrogens is 1. The molecule has 2 heterocycles. The Hall–Kier alpha value is -1.39. The van der Waals surface area contributed by atoms with E-state index in [4.69, 9.17) is 5.73 Å². The summed E-state index contributed by atoms with van der Waals surface area (Å²) in [4.78, 5) is 8.28.